The highest BCUT2D eigenvalue weighted by Crippen LogP contribution is 2.11. The molecule has 0 saturated carbocycles. The quantitative estimate of drug-likeness (QED) is 0.906. The fourth-order valence-corrected chi connectivity index (χ4v) is 2.01. The van der Waals surface area contributed by atoms with Gasteiger partial charge in [0.1, 0.15) is 5.82 Å². The average molecular weight is 250 g/mol. The van der Waals surface area contributed by atoms with Crippen LogP contribution in [0.4, 0.5) is 10.1 Å². The zero-order valence-electron chi connectivity index (χ0n) is 9.02. The van der Waals surface area contributed by atoms with Crippen molar-refractivity contribution in [1.29, 1.82) is 0 Å². The van der Waals surface area contributed by atoms with E-state index in [0.29, 0.717) is 18.5 Å². The van der Waals surface area contributed by atoms with Gasteiger partial charge in [0.25, 0.3) is 0 Å². The van der Waals surface area contributed by atoms with Gasteiger partial charge in [-0.3, -0.25) is 4.79 Å². The predicted octanol–water partition coefficient (Wildman–Crippen LogP) is 2.85. The Labute approximate surface area is 102 Å². The Bertz CT molecular complexity index is 499. The molecule has 0 saturated heterocycles. The van der Waals surface area contributed by atoms with Crippen molar-refractivity contribution in [3.8, 4) is 0 Å². The first-order valence-electron chi connectivity index (χ1n) is 5.18. The number of thiazole rings is 1. The summed E-state index contributed by atoms with van der Waals surface area (Å²) in [4.78, 5) is 15.7. The minimum atomic E-state index is -0.359. The minimum absolute atomic E-state index is 0.134. The molecule has 0 aliphatic carbocycles. The van der Waals surface area contributed by atoms with E-state index in [1.54, 1.807) is 18.3 Å². The standard InChI is InChI=1S/C12H11FN2OS/c13-9-2-1-3-10(8-9)15-11(16)4-5-12-14-6-7-17-12/h1-3,6-8H,4-5H2,(H,15,16). The molecule has 17 heavy (non-hydrogen) atoms. The van der Waals surface area contributed by atoms with Gasteiger partial charge in [-0.1, -0.05) is 6.07 Å². The molecule has 0 atom stereocenters. The Morgan fingerprint density at radius 3 is 3.06 bits per heavy atom. The molecular weight excluding hydrogens is 239 g/mol. The largest absolute Gasteiger partial charge is 0.326 e. The number of nitrogens with one attached hydrogen (secondary N) is 1. The van der Waals surface area contributed by atoms with Crippen molar-refractivity contribution in [3.63, 3.8) is 0 Å². The second kappa shape index (κ2) is 5.54. The first-order valence-corrected chi connectivity index (χ1v) is 6.06. The molecule has 2 rings (SSSR count). The van der Waals surface area contributed by atoms with Gasteiger partial charge in [-0.2, -0.15) is 0 Å². The van der Waals surface area contributed by atoms with Crippen molar-refractivity contribution in [2.45, 2.75) is 12.8 Å². The third-order valence-electron chi connectivity index (χ3n) is 2.16. The smallest absolute Gasteiger partial charge is 0.224 e. The van der Waals surface area contributed by atoms with Gasteiger partial charge in [0.2, 0.25) is 5.91 Å². The lowest BCUT2D eigenvalue weighted by Gasteiger charge is -2.04. The van der Waals surface area contributed by atoms with Crippen molar-refractivity contribution < 1.29 is 9.18 Å². The third kappa shape index (κ3) is 3.64. The van der Waals surface area contributed by atoms with Gasteiger partial charge < -0.3 is 5.32 Å². The molecule has 2 aromatic rings. The molecule has 1 N–H and O–H groups in total. The predicted molar refractivity (Wildman–Crippen MR) is 65.5 cm³/mol. The number of hydrogen-bond donors (Lipinski definition) is 1. The Morgan fingerprint density at radius 2 is 2.35 bits per heavy atom. The van der Waals surface area contributed by atoms with Crippen LogP contribution < -0.4 is 5.32 Å². The number of amides is 1. The van der Waals surface area contributed by atoms with Gasteiger partial charge in [-0.15, -0.1) is 11.3 Å². The maximum Gasteiger partial charge on any atom is 0.224 e. The first kappa shape index (κ1) is 11.7. The van der Waals surface area contributed by atoms with E-state index in [4.69, 9.17) is 0 Å². The third-order valence-corrected chi connectivity index (χ3v) is 3.00. The monoisotopic (exact) mass is 250 g/mol. The van der Waals surface area contributed by atoms with Crippen LogP contribution in [0.3, 0.4) is 0 Å². The summed E-state index contributed by atoms with van der Waals surface area (Å²) >= 11 is 1.52. The van der Waals surface area contributed by atoms with E-state index in [2.05, 4.69) is 10.3 Å². The highest BCUT2D eigenvalue weighted by atomic mass is 32.1. The fraction of sp³-hybridized carbons (Fsp3) is 0.167. The highest BCUT2D eigenvalue weighted by molar-refractivity contribution is 7.09. The number of anilines is 1. The number of carbonyl (C=O) groups excluding carboxylic acids is 1. The van der Waals surface area contributed by atoms with Crippen LogP contribution in [0.1, 0.15) is 11.4 Å². The molecule has 1 amide bonds. The molecule has 1 aromatic heterocycles. The lowest BCUT2D eigenvalue weighted by atomic mass is 10.2. The number of carbonyl (C=O) groups is 1. The Balaban J connectivity index is 1.85. The number of rotatable bonds is 4. The summed E-state index contributed by atoms with van der Waals surface area (Å²) in [6.07, 6.45) is 2.67. The van der Waals surface area contributed by atoms with Gasteiger partial charge in [-0.25, -0.2) is 9.37 Å². The van der Waals surface area contributed by atoms with Gasteiger partial charge in [0.15, 0.2) is 0 Å². The molecule has 0 bridgehead atoms. The van der Waals surface area contributed by atoms with Crippen LogP contribution in [0.2, 0.25) is 0 Å². The minimum Gasteiger partial charge on any atom is -0.326 e. The Kier molecular flexibility index (Phi) is 3.82. The Morgan fingerprint density at radius 1 is 1.47 bits per heavy atom. The normalized spacial score (nSPS) is 10.2. The van der Waals surface area contributed by atoms with E-state index in [1.165, 1.54) is 23.5 Å². The van der Waals surface area contributed by atoms with Gasteiger partial charge >= 0.3 is 0 Å². The molecule has 0 aliphatic heterocycles. The molecular formula is C12H11FN2OS. The summed E-state index contributed by atoms with van der Waals surface area (Å²) in [6, 6.07) is 5.85. The molecule has 0 aliphatic rings. The summed E-state index contributed by atoms with van der Waals surface area (Å²) in [5, 5.41) is 5.45. The topological polar surface area (TPSA) is 42.0 Å². The lowest BCUT2D eigenvalue weighted by Crippen LogP contribution is -2.12. The SMILES string of the molecule is O=C(CCc1nccs1)Nc1cccc(F)c1. The molecule has 1 heterocycles. The van der Waals surface area contributed by atoms with Crippen molar-refractivity contribution in [2.75, 3.05) is 5.32 Å². The van der Waals surface area contributed by atoms with Crippen LogP contribution in [0.25, 0.3) is 0 Å². The molecule has 5 heteroatoms. The number of benzene rings is 1. The summed E-state index contributed by atoms with van der Waals surface area (Å²) in [6.45, 7) is 0. The Hall–Kier alpha value is -1.75. The number of aryl methyl sites for hydroxylation is 1. The van der Waals surface area contributed by atoms with Crippen molar-refractivity contribution in [1.82, 2.24) is 4.98 Å². The zero-order valence-corrected chi connectivity index (χ0v) is 9.84. The average Bonchev–Trinajstić information content (AvgIpc) is 2.79. The summed E-state index contributed by atoms with van der Waals surface area (Å²) in [7, 11) is 0. The van der Waals surface area contributed by atoms with Crippen LogP contribution in [0, 0.1) is 5.82 Å². The summed E-state index contributed by atoms with van der Waals surface area (Å²) in [5.74, 6) is -0.492. The van der Waals surface area contributed by atoms with Gasteiger partial charge in [-0.05, 0) is 18.2 Å². The number of hydrogen-bond acceptors (Lipinski definition) is 3. The number of halogens is 1. The van der Waals surface area contributed by atoms with E-state index in [-0.39, 0.29) is 11.7 Å². The molecule has 0 spiro atoms. The first-order chi connectivity index (χ1) is 8.24. The second-order valence-corrected chi connectivity index (χ2v) is 4.46. The molecule has 88 valence electrons. The van der Waals surface area contributed by atoms with E-state index in [0.717, 1.165) is 5.01 Å². The van der Waals surface area contributed by atoms with Crippen LogP contribution >= 0.6 is 11.3 Å². The van der Waals surface area contributed by atoms with E-state index in [9.17, 15) is 9.18 Å². The lowest BCUT2D eigenvalue weighted by molar-refractivity contribution is -0.116. The maximum absolute atomic E-state index is 12.9. The maximum atomic E-state index is 12.9. The zero-order chi connectivity index (χ0) is 12.1. The molecule has 0 unspecified atom stereocenters. The van der Waals surface area contributed by atoms with E-state index >= 15 is 0 Å². The van der Waals surface area contributed by atoms with Crippen molar-refractivity contribution in [2.24, 2.45) is 0 Å². The van der Waals surface area contributed by atoms with Gasteiger partial charge in [0, 0.05) is 30.1 Å². The number of nitrogens with zero attached hydrogens (tertiary/aromatic N) is 1. The van der Waals surface area contributed by atoms with E-state index in [1.807, 2.05) is 5.38 Å². The van der Waals surface area contributed by atoms with Crippen molar-refractivity contribution >= 4 is 22.9 Å². The molecule has 0 fully saturated rings. The summed E-state index contributed by atoms with van der Waals surface area (Å²) in [5.41, 5.74) is 0.481. The number of aromatic nitrogens is 1. The van der Waals surface area contributed by atoms with Crippen molar-refractivity contribution in [3.05, 3.63) is 46.7 Å². The van der Waals surface area contributed by atoms with Crippen LogP contribution in [-0.4, -0.2) is 10.9 Å². The fourth-order valence-electron chi connectivity index (χ4n) is 1.39. The van der Waals surface area contributed by atoms with Crippen LogP contribution in [-0.2, 0) is 11.2 Å². The molecule has 0 radical (unpaired) electrons. The second-order valence-electron chi connectivity index (χ2n) is 3.48. The van der Waals surface area contributed by atoms with Crippen LogP contribution in [0.5, 0.6) is 0 Å². The summed E-state index contributed by atoms with van der Waals surface area (Å²) < 4.78 is 12.9. The van der Waals surface area contributed by atoms with Gasteiger partial charge in [0.05, 0.1) is 5.01 Å². The van der Waals surface area contributed by atoms with Crippen LogP contribution in [0.15, 0.2) is 35.8 Å². The van der Waals surface area contributed by atoms with E-state index < -0.39 is 0 Å². The molecule has 3 nitrogen and oxygen atoms in total. The highest BCUT2D eigenvalue weighted by Gasteiger charge is 2.04. The molecule has 1 aromatic carbocycles.